The lowest BCUT2D eigenvalue weighted by atomic mass is 9.90. The summed E-state index contributed by atoms with van der Waals surface area (Å²) in [5.74, 6) is -0.273. The molecule has 0 radical (unpaired) electrons. The molecule has 1 aliphatic heterocycles. The third-order valence-corrected chi connectivity index (χ3v) is 4.22. The van der Waals surface area contributed by atoms with Crippen LogP contribution in [0.2, 0.25) is 0 Å². The summed E-state index contributed by atoms with van der Waals surface area (Å²) in [6.45, 7) is 3.72. The van der Waals surface area contributed by atoms with Gasteiger partial charge in [-0.1, -0.05) is 22.5 Å². The molecule has 1 aromatic carbocycles. The molecular formula is C18H20BrNO6. The second kappa shape index (κ2) is 8.86. The maximum atomic E-state index is 12.5. The summed E-state index contributed by atoms with van der Waals surface area (Å²) in [4.78, 5) is 25.1. The minimum atomic E-state index is -0.917. The van der Waals surface area contributed by atoms with Crippen LogP contribution in [0.5, 0.6) is 5.75 Å². The molecule has 1 N–H and O–H groups in total. The normalized spacial score (nSPS) is 20.5. The Morgan fingerprint density at radius 1 is 1.38 bits per heavy atom. The molecule has 8 heteroatoms. The Balaban J connectivity index is 2.20. The summed E-state index contributed by atoms with van der Waals surface area (Å²) < 4.78 is 15.6. The van der Waals surface area contributed by atoms with Gasteiger partial charge < -0.3 is 19.3 Å². The van der Waals surface area contributed by atoms with Gasteiger partial charge in [-0.15, -0.1) is 0 Å². The zero-order chi connectivity index (χ0) is 19.3. The van der Waals surface area contributed by atoms with E-state index in [-0.39, 0.29) is 12.3 Å². The van der Waals surface area contributed by atoms with E-state index in [1.54, 1.807) is 31.4 Å². The highest BCUT2D eigenvalue weighted by molar-refractivity contribution is 9.11. The Morgan fingerprint density at radius 2 is 2.04 bits per heavy atom. The van der Waals surface area contributed by atoms with Crippen molar-refractivity contribution in [2.45, 2.75) is 24.7 Å². The van der Waals surface area contributed by atoms with Crippen LogP contribution in [-0.2, 0) is 19.1 Å². The van der Waals surface area contributed by atoms with Crippen molar-refractivity contribution >= 4 is 33.5 Å². The zero-order valence-electron chi connectivity index (χ0n) is 14.4. The molecule has 1 saturated heterocycles. The molecule has 1 aliphatic rings. The van der Waals surface area contributed by atoms with Crippen molar-refractivity contribution in [3.63, 3.8) is 0 Å². The van der Waals surface area contributed by atoms with E-state index in [0.29, 0.717) is 15.9 Å². The minimum Gasteiger partial charge on any atom is -0.497 e. The van der Waals surface area contributed by atoms with E-state index < -0.39 is 24.2 Å². The number of carbonyl (C=O) groups excluding carboxylic acids is 2. The average molecular weight is 426 g/mol. The van der Waals surface area contributed by atoms with Gasteiger partial charge in [0.05, 0.1) is 32.7 Å². The quantitative estimate of drug-likeness (QED) is 0.297. The first-order valence-electron chi connectivity index (χ1n) is 7.77. The maximum absolute atomic E-state index is 12.5. The van der Waals surface area contributed by atoms with E-state index in [0.717, 1.165) is 12.3 Å². The first-order valence-corrected chi connectivity index (χ1v) is 8.56. The second-order valence-corrected chi connectivity index (χ2v) is 6.69. The lowest BCUT2D eigenvalue weighted by Gasteiger charge is -2.48. The predicted molar refractivity (Wildman–Crippen MR) is 99.0 cm³/mol. The Bertz CT molecular complexity index is 702. The van der Waals surface area contributed by atoms with Crippen LogP contribution in [0.1, 0.15) is 6.42 Å². The molecule has 1 fully saturated rings. The Hall–Kier alpha value is -2.32. The molecule has 0 aliphatic carbocycles. The first-order chi connectivity index (χ1) is 12.4. The van der Waals surface area contributed by atoms with Gasteiger partial charge in [-0.3, -0.25) is 9.69 Å². The second-order valence-electron chi connectivity index (χ2n) is 5.57. The van der Waals surface area contributed by atoms with Crippen LogP contribution >= 0.6 is 15.9 Å². The molecule has 0 saturated carbocycles. The van der Waals surface area contributed by atoms with Crippen LogP contribution in [-0.4, -0.2) is 49.5 Å². The van der Waals surface area contributed by atoms with Crippen molar-refractivity contribution < 1.29 is 28.9 Å². The van der Waals surface area contributed by atoms with Crippen LogP contribution in [0.4, 0.5) is 5.69 Å². The van der Waals surface area contributed by atoms with E-state index in [9.17, 15) is 14.7 Å². The molecule has 3 atom stereocenters. The van der Waals surface area contributed by atoms with Gasteiger partial charge in [0.25, 0.3) is 5.91 Å². The molecule has 2 rings (SSSR count). The topological polar surface area (TPSA) is 85.3 Å². The number of rotatable bonds is 8. The summed E-state index contributed by atoms with van der Waals surface area (Å²) in [5.41, 5.74) is 0.608. The largest absolute Gasteiger partial charge is 0.497 e. The van der Waals surface area contributed by atoms with Crippen molar-refractivity contribution in [3.05, 3.63) is 47.7 Å². The Labute approximate surface area is 160 Å². The van der Waals surface area contributed by atoms with Gasteiger partial charge in [-0.25, -0.2) is 4.79 Å². The van der Waals surface area contributed by atoms with Gasteiger partial charge in [0.15, 0.2) is 6.10 Å². The van der Waals surface area contributed by atoms with Gasteiger partial charge >= 0.3 is 5.97 Å². The fraction of sp³-hybridized carbons (Fsp3) is 0.333. The summed E-state index contributed by atoms with van der Waals surface area (Å²) in [7, 11) is 2.79. The summed E-state index contributed by atoms with van der Waals surface area (Å²) >= 11 is 3.22. The standard InChI is InChI=1S/C18H20BrNO6/c1-11(19)10-14(21)16-17(26-9-8-15(22)25-3)18(23)20(16)12-4-6-13(24-2)7-5-12/h4-9,14,16-17,21H,1,10H2,2-3H3/b9-8+/t14-,16+,17-/m1/s1. The lowest BCUT2D eigenvalue weighted by molar-refractivity contribution is -0.142. The number of amides is 1. The van der Waals surface area contributed by atoms with Crippen molar-refractivity contribution in [2.75, 3.05) is 19.1 Å². The Morgan fingerprint density at radius 3 is 2.58 bits per heavy atom. The number of ether oxygens (including phenoxy) is 3. The summed E-state index contributed by atoms with van der Waals surface area (Å²) in [6.07, 6.45) is 0.585. The highest BCUT2D eigenvalue weighted by atomic mass is 79.9. The minimum absolute atomic E-state index is 0.241. The molecule has 7 nitrogen and oxygen atoms in total. The first kappa shape index (κ1) is 20.0. The monoisotopic (exact) mass is 425 g/mol. The van der Waals surface area contributed by atoms with Crippen LogP contribution in [0.3, 0.4) is 0 Å². The fourth-order valence-corrected chi connectivity index (χ4v) is 2.96. The van der Waals surface area contributed by atoms with Gasteiger partial charge in [0, 0.05) is 12.1 Å². The number of halogens is 1. The van der Waals surface area contributed by atoms with Crippen LogP contribution in [0.15, 0.2) is 47.7 Å². The van der Waals surface area contributed by atoms with E-state index in [1.807, 2.05) is 0 Å². The number of carbonyl (C=O) groups is 2. The maximum Gasteiger partial charge on any atom is 0.333 e. The smallest absolute Gasteiger partial charge is 0.333 e. The van der Waals surface area contributed by atoms with Gasteiger partial charge in [-0.2, -0.15) is 0 Å². The molecule has 0 spiro atoms. The zero-order valence-corrected chi connectivity index (χ0v) is 16.0. The van der Waals surface area contributed by atoms with Crippen molar-refractivity contribution in [1.82, 2.24) is 0 Å². The third kappa shape index (κ3) is 4.44. The summed E-state index contributed by atoms with van der Waals surface area (Å²) in [6, 6.07) is 6.26. The fourth-order valence-electron chi connectivity index (χ4n) is 2.63. The molecule has 26 heavy (non-hydrogen) atoms. The van der Waals surface area contributed by atoms with Crippen molar-refractivity contribution in [3.8, 4) is 5.75 Å². The molecule has 1 aromatic rings. The molecule has 1 heterocycles. The number of aliphatic hydroxyl groups excluding tert-OH is 1. The third-order valence-electron chi connectivity index (χ3n) is 3.90. The molecular weight excluding hydrogens is 406 g/mol. The number of hydrogen-bond donors (Lipinski definition) is 1. The van der Waals surface area contributed by atoms with Crippen LogP contribution < -0.4 is 9.64 Å². The van der Waals surface area contributed by atoms with Crippen LogP contribution in [0, 0.1) is 0 Å². The Kier molecular flexibility index (Phi) is 6.82. The number of aliphatic hydroxyl groups is 1. The van der Waals surface area contributed by atoms with E-state index >= 15 is 0 Å². The number of β-lactam (4-membered cyclic amide) rings is 1. The van der Waals surface area contributed by atoms with Gasteiger partial charge in [0.1, 0.15) is 11.8 Å². The number of hydrogen-bond acceptors (Lipinski definition) is 6. The molecule has 140 valence electrons. The molecule has 0 unspecified atom stereocenters. The van der Waals surface area contributed by atoms with E-state index in [1.165, 1.54) is 12.0 Å². The van der Waals surface area contributed by atoms with E-state index in [2.05, 4.69) is 27.2 Å². The number of anilines is 1. The highest BCUT2D eigenvalue weighted by Gasteiger charge is 2.53. The van der Waals surface area contributed by atoms with Gasteiger partial charge in [0.2, 0.25) is 0 Å². The number of methoxy groups -OCH3 is 2. The van der Waals surface area contributed by atoms with Crippen LogP contribution in [0.25, 0.3) is 0 Å². The molecule has 1 amide bonds. The predicted octanol–water partition coefficient (Wildman–Crippen LogP) is 2.14. The average Bonchev–Trinajstić information content (AvgIpc) is 2.62. The SMILES string of the molecule is C=C(Br)C[C@@H](O)[C@H]1[C@@H](O/C=C/C(=O)OC)C(=O)N1c1ccc(OC)cc1. The lowest BCUT2D eigenvalue weighted by Crippen LogP contribution is -2.70. The van der Waals surface area contributed by atoms with Crippen molar-refractivity contribution in [2.24, 2.45) is 0 Å². The summed E-state index contributed by atoms with van der Waals surface area (Å²) in [5, 5.41) is 10.5. The van der Waals surface area contributed by atoms with E-state index in [4.69, 9.17) is 9.47 Å². The number of esters is 1. The highest BCUT2D eigenvalue weighted by Crippen LogP contribution is 2.35. The molecule has 0 bridgehead atoms. The number of nitrogens with zero attached hydrogens (tertiary/aromatic N) is 1. The molecule has 0 aromatic heterocycles. The van der Waals surface area contributed by atoms with Crippen molar-refractivity contribution in [1.29, 1.82) is 0 Å². The van der Waals surface area contributed by atoms with Gasteiger partial charge in [-0.05, 0) is 28.7 Å². The number of benzene rings is 1.